The molecule has 0 aliphatic carbocycles. The van der Waals surface area contributed by atoms with E-state index in [9.17, 15) is 14.9 Å². The number of aromatic nitrogens is 1. The van der Waals surface area contributed by atoms with Crippen molar-refractivity contribution >= 4 is 39.3 Å². The number of rotatable bonds is 9. The molecule has 3 aromatic carbocycles. The van der Waals surface area contributed by atoms with E-state index in [1.807, 2.05) is 68.4 Å². The van der Waals surface area contributed by atoms with Gasteiger partial charge in [-0.05, 0) is 79.0 Å². The third-order valence-corrected chi connectivity index (χ3v) is 8.62. The highest BCUT2D eigenvalue weighted by atomic mass is 79.9. The van der Waals surface area contributed by atoms with Gasteiger partial charge in [-0.2, -0.15) is 5.26 Å². The number of nitriles is 1. The van der Waals surface area contributed by atoms with E-state index in [1.54, 1.807) is 30.6 Å². The van der Waals surface area contributed by atoms with Gasteiger partial charge in [0, 0.05) is 5.56 Å². The van der Waals surface area contributed by atoms with Crippen LogP contribution >= 0.6 is 27.3 Å². The van der Waals surface area contributed by atoms with Crippen LogP contribution in [0.5, 0.6) is 11.5 Å². The first-order chi connectivity index (χ1) is 21.2. The largest absolute Gasteiger partial charge is 0.490 e. The summed E-state index contributed by atoms with van der Waals surface area (Å²) in [4.78, 5) is 32.3. The zero-order chi connectivity index (χ0) is 31.4. The van der Waals surface area contributed by atoms with Gasteiger partial charge in [-0.15, -0.1) is 0 Å². The molecular formula is C34H30BrN3O5S. The quantitative estimate of drug-likeness (QED) is 0.211. The highest BCUT2D eigenvalue weighted by Crippen LogP contribution is 2.38. The number of carbonyl (C=O) groups is 1. The summed E-state index contributed by atoms with van der Waals surface area (Å²) in [5.74, 6) is 0.493. The molecule has 0 saturated heterocycles. The Labute approximate surface area is 267 Å². The van der Waals surface area contributed by atoms with Gasteiger partial charge in [0.05, 0.1) is 51.2 Å². The van der Waals surface area contributed by atoms with Gasteiger partial charge in [0.15, 0.2) is 16.3 Å². The van der Waals surface area contributed by atoms with E-state index in [2.05, 4.69) is 27.0 Å². The highest BCUT2D eigenvalue weighted by Gasteiger charge is 2.33. The van der Waals surface area contributed by atoms with Gasteiger partial charge in [-0.1, -0.05) is 59.4 Å². The van der Waals surface area contributed by atoms with Crippen LogP contribution in [0.15, 0.2) is 86.2 Å². The molecule has 1 aliphatic heterocycles. The van der Waals surface area contributed by atoms with Gasteiger partial charge in [0.1, 0.15) is 6.61 Å². The Morgan fingerprint density at radius 1 is 1.09 bits per heavy atom. The molecule has 0 fully saturated rings. The molecule has 0 unspecified atom stereocenters. The number of hydrogen-bond donors (Lipinski definition) is 0. The number of benzene rings is 3. The molecule has 0 N–H and O–H groups in total. The predicted molar refractivity (Wildman–Crippen MR) is 172 cm³/mol. The molecule has 44 heavy (non-hydrogen) atoms. The summed E-state index contributed by atoms with van der Waals surface area (Å²) in [5, 5.41) is 9.44. The Morgan fingerprint density at radius 2 is 1.84 bits per heavy atom. The standard InChI is InChI=1S/C34H30BrN3O5S/c1-5-41-27-16-22(15-26(35)31(27)43-19-25-10-8-7-9-24(25)18-36)17-28-32(39)38-30(23-13-11-20(3)12-14-23)29(33(40)42-6-2)21(4)37-34(38)44-28/h7-17,30H,5-6,19H2,1-4H3/b28-17+/t30-/m1/s1. The maximum absolute atomic E-state index is 14.0. The van der Waals surface area contributed by atoms with Crippen molar-refractivity contribution < 1.29 is 19.0 Å². The fraction of sp³-hybridized carbons (Fsp3) is 0.235. The van der Waals surface area contributed by atoms with E-state index in [1.165, 1.54) is 11.3 Å². The molecule has 1 aliphatic rings. The number of aryl methyl sites for hydroxylation is 1. The van der Waals surface area contributed by atoms with Crippen molar-refractivity contribution in [2.45, 2.75) is 40.3 Å². The molecule has 2 heterocycles. The molecule has 1 atom stereocenters. The third kappa shape index (κ3) is 6.25. The summed E-state index contributed by atoms with van der Waals surface area (Å²) in [6.07, 6.45) is 1.78. The Kier molecular flexibility index (Phi) is 9.47. The monoisotopic (exact) mass is 671 g/mol. The Morgan fingerprint density at radius 3 is 2.55 bits per heavy atom. The van der Waals surface area contributed by atoms with Crippen molar-refractivity contribution in [3.63, 3.8) is 0 Å². The lowest BCUT2D eigenvalue weighted by atomic mass is 9.95. The van der Waals surface area contributed by atoms with Crippen molar-refractivity contribution in [2.75, 3.05) is 13.2 Å². The number of esters is 1. The molecule has 0 amide bonds. The SMILES string of the molecule is CCOC(=O)C1=C(C)N=c2s/c(=C/c3cc(Br)c(OCc4ccccc4C#N)c(OCC)c3)c(=O)n2[C@@H]1c1ccc(C)cc1. The second-order valence-corrected chi connectivity index (χ2v) is 11.9. The van der Waals surface area contributed by atoms with Gasteiger partial charge in [0.25, 0.3) is 5.56 Å². The van der Waals surface area contributed by atoms with Crippen molar-refractivity contribution in [3.8, 4) is 17.6 Å². The molecule has 0 bridgehead atoms. The van der Waals surface area contributed by atoms with E-state index in [0.29, 0.717) is 54.3 Å². The van der Waals surface area contributed by atoms with Crippen LogP contribution < -0.4 is 24.4 Å². The third-order valence-electron chi connectivity index (χ3n) is 7.05. The lowest BCUT2D eigenvalue weighted by Gasteiger charge is -2.24. The molecule has 10 heteroatoms. The number of allylic oxidation sites excluding steroid dienone is 1. The normalized spacial score (nSPS) is 14.5. The van der Waals surface area contributed by atoms with Gasteiger partial charge in [0.2, 0.25) is 0 Å². The van der Waals surface area contributed by atoms with Gasteiger partial charge in [-0.3, -0.25) is 9.36 Å². The fourth-order valence-corrected chi connectivity index (χ4v) is 6.61. The zero-order valence-electron chi connectivity index (χ0n) is 24.7. The molecule has 8 nitrogen and oxygen atoms in total. The number of nitrogens with zero attached hydrogens (tertiary/aromatic N) is 3. The molecule has 0 saturated carbocycles. The summed E-state index contributed by atoms with van der Waals surface area (Å²) in [6.45, 7) is 8.17. The minimum Gasteiger partial charge on any atom is -0.490 e. The van der Waals surface area contributed by atoms with Gasteiger partial charge >= 0.3 is 5.97 Å². The second kappa shape index (κ2) is 13.5. The van der Waals surface area contributed by atoms with Crippen LogP contribution in [0.25, 0.3) is 6.08 Å². The summed E-state index contributed by atoms with van der Waals surface area (Å²) >= 11 is 4.87. The minimum atomic E-state index is -0.675. The minimum absolute atomic E-state index is 0.182. The first-order valence-electron chi connectivity index (χ1n) is 14.1. The topological polar surface area (TPSA) is 103 Å². The van der Waals surface area contributed by atoms with Crippen molar-refractivity contribution in [3.05, 3.63) is 124 Å². The lowest BCUT2D eigenvalue weighted by molar-refractivity contribution is -0.139. The van der Waals surface area contributed by atoms with Crippen LogP contribution in [0.2, 0.25) is 0 Å². The van der Waals surface area contributed by atoms with Crippen LogP contribution in [0.1, 0.15) is 54.6 Å². The zero-order valence-corrected chi connectivity index (χ0v) is 27.1. The van der Waals surface area contributed by atoms with Crippen molar-refractivity contribution in [1.82, 2.24) is 4.57 Å². The molecular weight excluding hydrogens is 642 g/mol. The predicted octanol–water partition coefficient (Wildman–Crippen LogP) is 5.72. The van der Waals surface area contributed by atoms with E-state index in [4.69, 9.17) is 14.2 Å². The fourth-order valence-electron chi connectivity index (χ4n) is 4.99. The number of carbonyl (C=O) groups excluding carboxylic acids is 1. The first-order valence-corrected chi connectivity index (χ1v) is 15.7. The average Bonchev–Trinajstić information content (AvgIpc) is 3.30. The maximum atomic E-state index is 14.0. The van der Waals surface area contributed by atoms with Crippen LogP contribution in [-0.2, 0) is 16.1 Å². The molecule has 1 aromatic heterocycles. The molecule has 0 spiro atoms. The molecule has 224 valence electrons. The van der Waals surface area contributed by atoms with Crippen LogP contribution in [0, 0.1) is 18.3 Å². The van der Waals surface area contributed by atoms with Crippen molar-refractivity contribution in [1.29, 1.82) is 5.26 Å². The number of thiazole rings is 1. The van der Waals surface area contributed by atoms with E-state index in [0.717, 1.165) is 16.7 Å². The van der Waals surface area contributed by atoms with Crippen LogP contribution in [0.3, 0.4) is 0 Å². The van der Waals surface area contributed by atoms with Crippen molar-refractivity contribution in [2.24, 2.45) is 4.99 Å². The average molecular weight is 673 g/mol. The Balaban J connectivity index is 1.58. The van der Waals surface area contributed by atoms with E-state index in [-0.39, 0.29) is 18.8 Å². The summed E-state index contributed by atoms with van der Waals surface area (Å²) < 4.78 is 20.1. The Bertz CT molecular complexity index is 1990. The van der Waals surface area contributed by atoms with Gasteiger partial charge < -0.3 is 14.2 Å². The van der Waals surface area contributed by atoms with Crippen LogP contribution in [-0.4, -0.2) is 23.8 Å². The van der Waals surface area contributed by atoms with E-state index >= 15 is 0 Å². The number of fused-ring (bicyclic) bond motifs is 1. The summed E-state index contributed by atoms with van der Waals surface area (Å²) in [7, 11) is 0. The number of halogens is 1. The highest BCUT2D eigenvalue weighted by molar-refractivity contribution is 9.10. The van der Waals surface area contributed by atoms with E-state index < -0.39 is 12.0 Å². The lowest BCUT2D eigenvalue weighted by Crippen LogP contribution is -2.39. The smallest absolute Gasteiger partial charge is 0.338 e. The van der Waals surface area contributed by atoms with Crippen LogP contribution in [0.4, 0.5) is 0 Å². The summed E-state index contributed by atoms with van der Waals surface area (Å²) in [6, 6.07) is 20.2. The molecule has 4 aromatic rings. The maximum Gasteiger partial charge on any atom is 0.338 e. The molecule has 0 radical (unpaired) electrons. The number of ether oxygens (including phenoxy) is 3. The Hall–Kier alpha value is -4.46. The summed E-state index contributed by atoms with van der Waals surface area (Å²) in [5.41, 5.74) is 4.46. The van der Waals surface area contributed by atoms with Gasteiger partial charge in [-0.25, -0.2) is 9.79 Å². The first kappa shape index (κ1) is 31.0. The number of hydrogen-bond acceptors (Lipinski definition) is 8. The molecule has 5 rings (SSSR count). The second-order valence-electron chi connectivity index (χ2n) is 10.0.